The van der Waals surface area contributed by atoms with Crippen molar-refractivity contribution in [2.45, 2.75) is 18.1 Å². The van der Waals surface area contributed by atoms with Crippen LogP contribution < -0.4 is 19.7 Å². The van der Waals surface area contributed by atoms with Crippen molar-refractivity contribution in [2.24, 2.45) is 0 Å². The number of carbonyl (C=O) groups excluding carboxylic acids is 2. The molecule has 2 atom stereocenters. The third kappa shape index (κ3) is 5.10. The number of ether oxygens (including phenoxy) is 2. The van der Waals surface area contributed by atoms with E-state index in [4.69, 9.17) is 9.47 Å². The van der Waals surface area contributed by atoms with Crippen molar-refractivity contribution < 1.29 is 32.2 Å². The summed E-state index contributed by atoms with van der Waals surface area (Å²) < 4.78 is 50.7. The molecule has 9 heteroatoms. The summed E-state index contributed by atoms with van der Waals surface area (Å²) >= 11 is 0. The minimum absolute atomic E-state index is 0.00122. The SMILES string of the molecule is COc1ccc([C@@H]2[C@H](C(=O)Nc3cccc(C(F)(F)F)c3)c3ccccc3C(=O)N2c2ccc(OC)cc2)cc1. The molecule has 1 aliphatic rings. The Balaban J connectivity index is 1.66. The van der Waals surface area contributed by atoms with Gasteiger partial charge in [0.2, 0.25) is 5.91 Å². The van der Waals surface area contributed by atoms with Gasteiger partial charge in [0.25, 0.3) is 5.91 Å². The van der Waals surface area contributed by atoms with Gasteiger partial charge < -0.3 is 14.8 Å². The molecule has 0 bridgehead atoms. The summed E-state index contributed by atoms with van der Waals surface area (Å²) in [4.78, 5) is 29.5. The first kappa shape index (κ1) is 26.8. The van der Waals surface area contributed by atoms with Crippen molar-refractivity contribution in [1.82, 2.24) is 0 Å². The Labute approximate surface area is 229 Å². The zero-order valence-electron chi connectivity index (χ0n) is 21.6. The smallest absolute Gasteiger partial charge is 0.416 e. The van der Waals surface area contributed by atoms with E-state index in [0.29, 0.717) is 33.9 Å². The van der Waals surface area contributed by atoms with Gasteiger partial charge in [0.05, 0.1) is 31.7 Å². The van der Waals surface area contributed by atoms with Gasteiger partial charge in [0.15, 0.2) is 0 Å². The molecule has 40 heavy (non-hydrogen) atoms. The minimum atomic E-state index is -4.57. The van der Waals surface area contributed by atoms with Gasteiger partial charge in [-0.25, -0.2) is 0 Å². The van der Waals surface area contributed by atoms with Gasteiger partial charge in [-0.3, -0.25) is 14.5 Å². The van der Waals surface area contributed by atoms with E-state index >= 15 is 0 Å². The normalized spacial score (nSPS) is 16.7. The van der Waals surface area contributed by atoms with Crippen molar-refractivity contribution in [3.05, 3.63) is 119 Å². The summed E-state index contributed by atoms with van der Waals surface area (Å²) in [7, 11) is 3.07. The van der Waals surface area contributed by atoms with E-state index in [1.807, 2.05) is 0 Å². The molecule has 0 aromatic heterocycles. The molecular formula is C31H25F3N2O4. The number of nitrogens with zero attached hydrogens (tertiary/aromatic N) is 1. The molecule has 2 amide bonds. The lowest BCUT2D eigenvalue weighted by Gasteiger charge is -2.42. The van der Waals surface area contributed by atoms with E-state index < -0.39 is 29.6 Å². The molecule has 0 fully saturated rings. The number of alkyl halides is 3. The molecule has 0 unspecified atom stereocenters. The standard InChI is InChI=1S/C31H25F3N2O4/c1-39-23-14-10-19(11-15-23)28-27(29(37)35-21-7-5-6-20(18-21)31(32,33)34)25-8-3-4-9-26(25)30(38)36(28)22-12-16-24(40-2)17-13-22/h3-18,27-28H,1-2H3,(H,35,37)/t27-,28-/m1/s1. The van der Waals surface area contributed by atoms with E-state index in [0.717, 1.165) is 12.1 Å². The molecule has 204 valence electrons. The predicted molar refractivity (Wildman–Crippen MR) is 145 cm³/mol. The van der Waals surface area contributed by atoms with Crippen LogP contribution in [-0.4, -0.2) is 26.0 Å². The number of hydrogen-bond acceptors (Lipinski definition) is 4. The summed E-state index contributed by atoms with van der Waals surface area (Å²) in [6.07, 6.45) is -4.57. The molecule has 0 aliphatic carbocycles. The van der Waals surface area contributed by atoms with Crippen LogP contribution in [0.5, 0.6) is 11.5 Å². The Hall–Kier alpha value is -4.79. The predicted octanol–water partition coefficient (Wildman–Crippen LogP) is 6.85. The summed E-state index contributed by atoms with van der Waals surface area (Å²) in [6, 6.07) is 24.3. The van der Waals surface area contributed by atoms with Crippen LogP contribution in [0.25, 0.3) is 0 Å². The van der Waals surface area contributed by atoms with Crippen LogP contribution >= 0.6 is 0 Å². The second kappa shape index (κ2) is 10.8. The van der Waals surface area contributed by atoms with Crippen molar-refractivity contribution in [3.8, 4) is 11.5 Å². The van der Waals surface area contributed by atoms with E-state index in [1.54, 1.807) is 77.7 Å². The second-order valence-corrected chi connectivity index (χ2v) is 9.22. The van der Waals surface area contributed by atoms with Gasteiger partial charge >= 0.3 is 6.18 Å². The number of fused-ring (bicyclic) bond motifs is 1. The molecule has 4 aromatic carbocycles. The van der Waals surface area contributed by atoms with Crippen molar-refractivity contribution >= 4 is 23.2 Å². The summed E-state index contributed by atoms with van der Waals surface area (Å²) in [5.41, 5.74) is 1.09. The quantitative estimate of drug-likeness (QED) is 0.287. The van der Waals surface area contributed by atoms with Crippen LogP contribution in [0.1, 0.15) is 39.0 Å². The highest BCUT2D eigenvalue weighted by atomic mass is 19.4. The highest BCUT2D eigenvalue weighted by molar-refractivity contribution is 6.12. The molecule has 6 nitrogen and oxygen atoms in total. The van der Waals surface area contributed by atoms with E-state index in [2.05, 4.69) is 5.32 Å². The number of amides is 2. The first-order valence-electron chi connectivity index (χ1n) is 12.4. The lowest BCUT2D eigenvalue weighted by atomic mass is 9.78. The number of methoxy groups -OCH3 is 2. The molecule has 0 saturated heterocycles. The topological polar surface area (TPSA) is 67.9 Å². The number of halogens is 3. The van der Waals surface area contributed by atoms with Crippen LogP contribution in [-0.2, 0) is 11.0 Å². The Morgan fingerprint density at radius 1 is 0.825 bits per heavy atom. The maximum atomic E-state index is 14.0. The fourth-order valence-electron chi connectivity index (χ4n) is 4.98. The van der Waals surface area contributed by atoms with Crippen LogP contribution in [0.15, 0.2) is 97.1 Å². The Kier molecular flexibility index (Phi) is 7.21. The number of rotatable bonds is 6. The van der Waals surface area contributed by atoms with E-state index in [9.17, 15) is 22.8 Å². The van der Waals surface area contributed by atoms with Crippen molar-refractivity contribution in [3.63, 3.8) is 0 Å². The monoisotopic (exact) mass is 546 g/mol. The van der Waals surface area contributed by atoms with Crippen LogP contribution in [0, 0.1) is 0 Å². The minimum Gasteiger partial charge on any atom is -0.497 e. The lowest BCUT2D eigenvalue weighted by Crippen LogP contribution is -2.46. The van der Waals surface area contributed by atoms with Gasteiger partial charge in [-0.15, -0.1) is 0 Å². The zero-order chi connectivity index (χ0) is 28.4. The zero-order valence-corrected chi connectivity index (χ0v) is 21.6. The number of carbonyl (C=O) groups is 2. The van der Waals surface area contributed by atoms with Crippen LogP contribution in [0.2, 0.25) is 0 Å². The number of benzene rings is 4. The molecule has 4 aromatic rings. The van der Waals surface area contributed by atoms with Crippen LogP contribution in [0.3, 0.4) is 0 Å². The fourth-order valence-corrected chi connectivity index (χ4v) is 4.98. The molecule has 0 radical (unpaired) electrons. The fraction of sp³-hybridized carbons (Fsp3) is 0.161. The Morgan fingerprint density at radius 2 is 1.45 bits per heavy atom. The average Bonchev–Trinajstić information content (AvgIpc) is 2.97. The average molecular weight is 547 g/mol. The maximum Gasteiger partial charge on any atom is 0.416 e. The molecule has 1 heterocycles. The third-order valence-corrected chi connectivity index (χ3v) is 6.89. The molecule has 0 spiro atoms. The Bertz CT molecular complexity index is 1540. The van der Waals surface area contributed by atoms with Crippen LogP contribution in [0.4, 0.5) is 24.5 Å². The summed E-state index contributed by atoms with van der Waals surface area (Å²) in [5.74, 6) is -0.650. The third-order valence-electron chi connectivity index (χ3n) is 6.89. The first-order chi connectivity index (χ1) is 19.2. The molecule has 1 N–H and O–H groups in total. The van der Waals surface area contributed by atoms with Crippen molar-refractivity contribution in [1.29, 1.82) is 0 Å². The number of anilines is 2. The summed E-state index contributed by atoms with van der Waals surface area (Å²) in [5, 5.41) is 2.67. The largest absolute Gasteiger partial charge is 0.497 e. The van der Waals surface area contributed by atoms with Gasteiger partial charge in [-0.05, 0) is 71.8 Å². The lowest BCUT2D eigenvalue weighted by molar-refractivity contribution is -0.137. The second-order valence-electron chi connectivity index (χ2n) is 9.22. The highest BCUT2D eigenvalue weighted by Gasteiger charge is 2.45. The Morgan fingerprint density at radius 3 is 2.08 bits per heavy atom. The molecule has 1 aliphatic heterocycles. The highest BCUT2D eigenvalue weighted by Crippen LogP contribution is 2.46. The number of hydrogen-bond donors (Lipinski definition) is 1. The van der Waals surface area contributed by atoms with Gasteiger partial charge in [-0.2, -0.15) is 13.2 Å². The van der Waals surface area contributed by atoms with Gasteiger partial charge in [0.1, 0.15) is 11.5 Å². The summed E-state index contributed by atoms with van der Waals surface area (Å²) in [6.45, 7) is 0. The molecule has 0 saturated carbocycles. The maximum absolute atomic E-state index is 14.0. The molecule has 5 rings (SSSR count). The van der Waals surface area contributed by atoms with Crippen molar-refractivity contribution in [2.75, 3.05) is 24.4 Å². The first-order valence-corrected chi connectivity index (χ1v) is 12.4. The van der Waals surface area contributed by atoms with E-state index in [1.165, 1.54) is 26.4 Å². The molecular weight excluding hydrogens is 521 g/mol. The van der Waals surface area contributed by atoms with E-state index in [-0.39, 0.29) is 11.6 Å². The van der Waals surface area contributed by atoms with Gasteiger partial charge in [0, 0.05) is 16.9 Å². The van der Waals surface area contributed by atoms with Gasteiger partial charge in [-0.1, -0.05) is 36.4 Å². The number of nitrogens with one attached hydrogen (secondary N) is 1.